The van der Waals surface area contributed by atoms with E-state index in [0.29, 0.717) is 11.4 Å². The van der Waals surface area contributed by atoms with Crippen molar-refractivity contribution >= 4 is 17.5 Å². The van der Waals surface area contributed by atoms with E-state index in [9.17, 15) is 18.0 Å². The molecule has 0 aliphatic heterocycles. The smallest absolute Gasteiger partial charge is 0.257 e. The third-order valence-corrected chi connectivity index (χ3v) is 4.80. The van der Waals surface area contributed by atoms with Crippen LogP contribution >= 0.6 is 11.6 Å². The zero-order chi connectivity index (χ0) is 20.6. The third-order valence-electron chi connectivity index (χ3n) is 4.45. The normalized spacial score (nSPS) is 11.0. The van der Waals surface area contributed by atoms with E-state index in [0.717, 1.165) is 12.1 Å². The molecule has 0 fully saturated rings. The average Bonchev–Trinajstić information content (AvgIpc) is 2.91. The average molecular weight is 408 g/mol. The van der Waals surface area contributed by atoms with Crippen LogP contribution in [0.5, 0.6) is 0 Å². The number of rotatable bonds is 4. The Labute approximate surface area is 165 Å². The molecule has 0 radical (unpaired) electrons. The van der Waals surface area contributed by atoms with E-state index in [1.165, 1.54) is 34.8 Å². The van der Waals surface area contributed by atoms with Gasteiger partial charge in [-0.2, -0.15) is 5.10 Å². The second-order valence-corrected chi connectivity index (χ2v) is 6.82. The van der Waals surface area contributed by atoms with Gasteiger partial charge in [-0.3, -0.25) is 4.79 Å². The van der Waals surface area contributed by atoms with Gasteiger partial charge in [-0.15, -0.1) is 0 Å². The molecule has 146 valence electrons. The van der Waals surface area contributed by atoms with Crippen LogP contribution in [0.1, 0.15) is 27.3 Å². The molecule has 1 aromatic heterocycles. The van der Waals surface area contributed by atoms with Gasteiger partial charge in [0.05, 0.1) is 17.0 Å². The van der Waals surface area contributed by atoms with Crippen molar-refractivity contribution in [3.8, 4) is 5.69 Å². The Balaban J connectivity index is 1.95. The first kappa shape index (κ1) is 19.9. The van der Waals surface area contributed by atoms with Gasteiger partial charge in [-0.1, -0.05) is 17.7 Å². The summed E-state index contributed by atoms with van der Waals surface area (Å²) in [7, 11) is 1.51. The fraction of sp³-hybridized carbons (Fsp3) is 0.200. The summed E-state index contributed by atoms with van der Waals surface area (Å²) in [5.74, 6) is -2.43. The number of carbonyl (C=O) groups is 1. The minimum absolute atomic E-state index is 0.0286. The van der Waals surface area contributed by atoms with E-state index in [2.05, 4.69) is 5.10 Å². The Bertz CT molecular complexity index is 1040. The van der Waals surface area contributed by atoms with E-state index in [-0.39, 0.29) is 28.4 Å². The van der Waals surface area contributed by atoms with E-state index in [1.807, 2.05) is 0 Å². The number of carbonyl (C=O) groups excluding carboxylic acids is 1. The lowest BCUT2D eigenvalue weighted by Gasteiger charge is -2.19. The van der Waals surface area contributed by atoms with Crippen molar-refractivity contribution in [3.63, 3.8) is 0 Å². The Morgan fingerprint density at radius 2 is 1.86 bits per heavy atom. The summed E-state index contributed by atoms with van der Waals surface area (Å²) in [6.07, 6.45) is 0. The molecule has 28 heavy (non-hydrogen) atoms. The zero-order valence-electron chi connectivity index (χ0n) is 15.4. The van der Waals surface area contributed by atoms with Gasteiger partial charge in [-0.25, -0.2) is 17.9 Å². The topological polar surface area (TPSA) is 38.1 Å². The van der Waals surface area contributed by atoms with Crippen molar-refractivity contribution in [3.05, 3.63) is 81.4 Å². The minimum Gasteiger partial charge on any atom is -0.337 e. The zero-order valence-corrected chi connectivity index (χ0v) is 16.2. The molecule has 3 aromatic rings. The maximum absolute atomic E-state index is 14.1. The van der Waals surface area contributed by atoms with Crippen molar-refractivity contribution < 1.29 is 18.0 Å². The lowest BCUT2D eigenvalue weighted by molar-refractivity contribution is 0.0782. The van der Waals surface area contributed by atoms with E-state index < -0.39 is 23.4 Å². The summed E-state index contributed by atoms with van der Waals surface area (Å²) in [5.41, 5.74) is 1.25. The summed E-state index contributed by atoms with van der Waals surface area (Å²) in [6, 6.07) is 7.41. The molecule has 8 heteroatoms. The van der Waals surface area contributed by atoms with Crippen LogP contribution < -0.4 is 0 Å². The number of aromatic nitrogens is 2. The molecule has 0 atom stereocenters. The molecule has 0 N–H and O–H groups in total. The molecule has 0 saturated carbocycles. The van der Waals surface area contributed by atoms with E-state index in [1.54, 1.807) is 19.9 Å². The van der Waals surface area contributed by atoms with Crippen molar-refractivity contribution in [1.82, 2.24) is 14.7 Å². The third kappa shape index (κ3) is 3.62. The first-order valence-corrected chi connectivity index (χ1v) is 8.78. The van der Waals surface area contributed by atoms with Gasteiger partial charge < -0.3 is 4.90 Å². The Hall–Kier alpha value is -2.80. The molecule has 0 saturated heterocycles. The Kier molecular flexibility index (Phi) is 5.47. The predicted molar refractivity (Wildman–Crippen MR) is 100 cm³/mol. The lowest BCUT2D eigenvalue weighted by atomic mass is 10.1. The summed E-state index contributed by atoms with van der Waals surface area (Å²) in [4.78, 5) is 14.3. The maximum Gasteiger partial charge on any atom is 0.257 e. The number of benzene rings is 2. The van der Waals surface area contributed by atoms with Crippen LogP contribution in [0, 0.1) is 31.3 Å². The summed E-state index contributed by atoms with van der Waals surface area (Å²) < 4.78 is 42.6. The second-order valence-electron chi connectivity index (χ2n) is 6.41. The molecule has 1 heterocycles. The molecule has 0 aliphatic carbocycles. The minimum atomic E-state index is -0.795. The van der Waals surface area contributed by atoms with Gasteiger partial charge in [0.15, 0.2) is 5.82 Å². The lowest BCUT2D eigenvalue weighted by Crippen LogP contribution is -2.27. The predicted octanol–water partition coefficient (Wildman–Crippen LogP) is 4.83. The molecule has 2 aromatic carbocycles. The highest BCUT2D eigenvalue weighted by molar-refractivity contribution is 6.31. The number of amides is 1. The van der Waals surface area contributed by atoms with Gasteiger partial charge in [0.1, 0.15) is 17.3 Å². The van der Waals surface area contributed by atoms with E-state index in [4.69, 9.17) is 11.6 Å². The van der Waals surface area contributed by atoms with Crippen molar-refractivity contribution in [2.24, 2.45) is 0 Å². The molecule has 1 amide bonds. The molecule has 0 bridgehead atoms. The fourth-order valence-corrected chi connectivity index (χ4v) is 3.25. The SMILES string of the molecule is Cc1nn(-c2ccc(F)cc2F)c(C)c1C(=O)N(C)Cc1c(F)cccc1Cl. The molecule has 0 aliphatic rings. The van der Waals surface area contributed by atoms with Crippen molar-refractivity contribution in [1.29, 1.82) is 0 Å². The number of aryl methyl sites for hydroxylation is 1. The van der Waals surface area contributed by atoms with Crippen LogP contribution in [-0.2, 0) is 6.54 Å². The fourth-order valence-electron chi connectivity index (χ4n) is 3.02. The van der Waals surface area contributed by atoms with Gasteiger partial charge >= 0.3 is 0 Å². The van der Waals surface area contributed by atoms with Crippen LogP contribution in [0.25, 0.3) is 5.69 Å². The summed E-state index contributed by atoms with van der Waals surface area (Å²) in [5, 5.41) is 4.44. The first-order valence-electron chi connectivity index (χ1n) is 8.40. The van der Waals surface area contributed by atoms with Gasteiger partial charge in [0.25, 0.3) is 5.91 Å². The van der Waals surface area contributed by atoms with Crippen molar-refractivity contribution in [2.75, 3.05) is 7.05 Å². The Morgan fingerprint density at radius 3 is 2.50 bits per heavy atom. The largest absolute Gasteiger partial charge is 0.337 e. The molecular formula is C20H17ClF3N3O. The second kappa shape index (κ2) is 7.67. The van der Waals surface area contributed by atoms with Crippen LogP contribution in [0.3, 0.4) is 0 Å². The van der Waals surface area contributed by atoms with E-state index >= 15 is 0 Å². The maximum atomic E-state index is 14.1. The summed E-state index contributed by atoms with van der Waals surface area (Å²) in [6.45, 7) is 3.18. The monoisotopic (exact) mass is 407 g/mol. The van der Waals surface area contributed by atoms with Crippen LogP contribution in [0.4, 0.5) is 13.2 Å². The number of halogens is 4. The van der Waals surface area contributed by atoms with Crippen LogP contribution in [0.2, 0.25) is 5.02 Å². The van der Waals surface area contributed by atoms with Gasteiger partial charge in [0, 0.05) is 30.2 Å². The molecule has 0 unspecified atom stereocenters. The van der Waals surface area contributed by atoms with Crippen molar-refractivity contribution in [2.45, 2.75) is 20.4 Å². The quantitative estimate of drug-likeness (QED) is 0.621. The van der Waals surface area contributed by atoms with Gasteiger partial charge in [-0.05, 0) is 38.1 Å². The molecule has 4 nitrogen and oxygen atoms in total. The van der Waals surface area contributed by atoms with Crippen LogP contribution in [-0.4, -0.2) is 27.6 Å². The standard InChI is InChI=1S/C20H17ClF3N3O/c1-11-19(12(2)27(25-11)18-8-7-13(22)9-17(18)24)20(28)26(3)10-14-15(21)5-4-6-16(14)23/h4-9H,10H2,1-3H3. The number of nitrogens with zero attached hydrogens (tertiary/aromatic N) is 3. The number of hydrogen-bond donors (Lipinski definition) is 0. The molecule has 0 spiro atoms. The Morgan fingerprint density at radius 1 is 1.14 bits per heavy atom. The first-order chi connectivity index (χ1) is 13.2. The highest BCUT2D eigenvalue weighted by atomic mass is 35.5. The van der Waals surface area contributed by atoms with Gasteiger partial charge in [0.2, 0.25) is 0 Å². The summed E-state index contributed by atoms with van der Waals surface area (Å²) >= 11 is 6.03. The highest BCUT2D eigenvalue weighted by Gasteiger charge is 2.24. The molecule has 3 rings (SSSR count). The molecular weight excluding hydrogens is 391 g/mol. The van der Waals surface area contributed by atoms with Crippen LogP contribution in [0.15, 0.2) is 36.4 Å². The highest BCUT2D eigenvalue weighted by Crippen LogP contribution is 2.24. The number of hydrogen-bond acceptors (Lipinski definition) is 2.